The molecule has 0 saturated carbocycles. The second-order valence-corrected chi connectivity index (χ2v) is 18.3. The summed E-state index contributed by atoms with van der Waals surface area (Å²) in [6.45, 7) is 6.99. The first-order valence-electron chi connectivity index (χ1n) is 23.0. The van der Waals surface area contributed by atoms with Crippen molar-refractivity contribution in [3.8, 4) is 55.6 Å². The third-order valence-corrected chi connectivity index (χ3v) is 14.2. The second-order valence-electron chi connectivity index (χ2n) is 18.3. The number of hydrogen-bond acceptors (Lipinski definition) is 2. The highest BCUT2D eigenvalue weighted by atomic mass is 15.2. The third-order valence-electron chi connectivity index (χ3n) is 14.2. The summed E-state index contributed by atoms with van der Waals surface area (Å²) in [6, 6.07) is 77.6. The van der Waals surface area contributed by atoms with Crippen molar-refractivity contribution in [1.82, 2.24) is 0 Å². The third kappa shape index (κ3) is 5.94. The summed E-state index contributed by atoms with van der Waals surface area (Å²) in [5.41, 5.74) is 25.2. The van der Waals surface area contributed by atoms with Crippen LogP contribution in [-0.2, 0) is 11.8 Å². The molecule has 9 aromatic carbocycles. The highest BCUT2D eigenvalue weighted by Crippen LogP contribution is 2.57. The molecule has 64 heavy (non-hydrogen) atoms. The smallest absolute Gasteiger partial charge is 0.333 e. The Labute approximate surface area is 378 Å². The van der Waals surface area contributed by atoms with Gasteiger partial charge in [-0.2, -0.15) is 0 Å². The van der Waals surface area contributed by atoms with Crippen LogP contribution in [0.25, 0.3) is 55.6 Å². The fourth-order valence-corrected chi connectivity index (χ4v) is 11.1. The number of aryl methyl sites for hydroxylation is 1. The summed E-state index contributed by atoms with van der Waals surface area (Å²) in [6.07, 6.45) is 3.38. The van der Waals surface area contributed by atoms with Gasteiger partial charge in [-0.1, -0.05) is 191 Å². The summed E-state index contributed by atoms with van der Waals surface area (Å²) in [7, 11) is 0. The number of anilines is 5. The highest BCUT2D eigenvalue weighted by molar-refractivity contribution is 6.93. The molecule has 0 unspecified atom stereocenters. The minimum absolute atomic E-state index is 0.118. The molecule has 9 aromatic rings. The molecule has 0 saturated heterocycles. The van der Waals surface area contributed by atoms with Gasteiger partial charge < -0.3 is 9.71 Å². The lowest BCUT2D eigenvalue weighted by Gasteiger charge is -2.47. The molecule has 0 fully saturated rings. The van der Waals surface area contributed by atoms with E-state index in [9.17, 15) is 0 Å². The molecule has 0 bridgehead atoms. The van der Waals surface area contributed by atoms with E-state index in [0.29, 0.717) is 0 Å². The van der Waals surface area contributed by atoms with Crippen molar-refractivity contribution in [1.29, 1.82) is 0 Å². The maximum Gasteiger partial charge on any atom is 0.333 e. The zero-order chi connectivity index (χ0) is 42.9. The summed E-state index contributed by atoms with van der Waals surface area (Å²) in [4.78, 5) is 5.34. The quantitative estimate of drug-likeness (QED) is 0.141. The Bertz CT molecular complexity index is 3230. The van der Waals surface area contributed by atoms with Crippen molar-refractivity contribution in [2.24, 2.45) is 0 Å². The van der Waals surface area contributed by atoms with Gasteiger partial charge >= 0.3 is 6.85 Å². The molecule has 2 aliphatic heterocycles. The summed E-state index contributed by atoms with van der Waals surface area (Å²) >= 11 is 0. The SMILES string of the molecule is CCCCc1ccc(N2c3cc(-c4ccccc4)cc4c3B(c3ccc5c(c32)-c2ccccc2C5(C)C)N(c2ccccc2)c2cc(-c3ccccc3)ccc2-4)c(-c2ccccc2)c1. The lowest BCUT2D eigenvalue weighted by Crippen LogP contribution is -2.61. The van der Waals surface area contributed by atoms with Crippen LogP contribution in [-0.4, -0.2) is 6.85 Å². The number of para-hydroxylation sites is 1. The monoisotopic (exact) mass is 820 g/mol. The molecule has 0 amide bonds. The molecular formula is C61H49BN2. The van der Waals surface area contributed by atoms with Crippen LogP contribution in [0.2, 0.25) is 0 Å². The normalized spacial score (nSPS) is 13.8. The van der Waals surface area contributed by atoms with Gasteiger partial charge in [0.05, 0.1) is 11.4 Å². The zero-order valence-corrected chi connectivity index (χ0v) is 36.7. The van der Waals surface area contributed by atoms with Crippen LogP contribution in [0.3, 0.4) is 0 Å². The first-order chi connectivity index (χ1) is 31.5. The second kappa shape index (κ2) is 15.2. The van der Waals surface area contributed by atoms with Gasteiger partial charge in [-0.05, 0) is 122 Å². The van der Waals surface area contributed by atoms with E-state index in [4.69, 9.17) is 0 Å². The summed E-state index contributed by atoms with van der Waals surface area (Å²) in [5.74, 6) is 0. The van der Waals surface area contributed by atoms with E-state index in [1.165, 1.54) is 112 Å². The van der Waals surface area contributed by atoms with Crippen LogP contribution in [0.4, 0.5) is 28.4 Å². The fraction of sp³-hybridized carbons (Fsp3) is 0.115. The lowest BCUT2D eigenvalue weighted by atomic mass is 9.43. The zero-order valence-electron chi connectivity index (χ0n) is 36.7. The molecule has 3 aliphatic rings. The summed E-state index contributed by atoms with van der Waals surface area (Å²) in [5, 5.41) is 0. The van der Waals surface area contributed by atoms with E-state index < -0.39 is 0 Å². The molecular weight excluding hydrogens is 771 g/mol. The highest BCUT2D eigenvalue weighted by Gasteiger charge is 2.49. The Morgan fingerprint density at radius 2 is 1.09 bits per heavy atom. The van der Waals surface area contributed by atoms with Gasteiger partial charge in [-0.3, -0.25) is 0 Å². The lowest BCUT2D eigenvalue weighted by molar-refractivity contribution is 0.660. The Hall–Kier alpha value is -7.36. The van der Waals surface area contributed by atoms with Crippen LogP contribution < -0.4 is 20.6 Å². The number of rotatable bonds is 8. The van der Waals surface area contributed by atoms with Crippen molar-refractivity contribution < 1.29 is 0 Å². The fourth-order valence-electron chi connectivity index (χ4n) is 11.1. The van der Waals surface area contributed by atoms with Gasteiger partial charge in [0.1, 0.15) is 0 Å². The molecule has 306 valence electrons. The molecule has 0 atom stereocenters. The van der Waals surface area contributed by atoms with Crippen molar-refractivity contribution in [3.05, 3.63) is 223 Å². The van der Waals surface area contributed by atoms with Gasteiger partial charge in [0.25, 0.3) is 0 Å². The van der Waals surface area contributed by atoms with E-state index >= 15 is 0 Å². The predicted molar refractivity (Wildman–Crippen MR) is 273 cm³/mol. The van der Waals surface area contributed by atoms with Crippen LogP contribution in [0.15, 0.2) is 206 Å². The maximum atomic E-state index is 2.69. The van der Waals surface area contributed by atoms with Crippen LogP contribution in [0, 0.1) is 0 Å². The van der Waals surface area contributed by atoms with Crippen molar-refractivity contribution >= 4 is 46.2 Å². The standard InChI is InChI=1S/C61H49BN2/c1-4-5-20-41-31-36-55(50(37-41)44-25-14-8-15-26-44)63-57-40-46(43-23-12-7-13-24-43)38-51-48-33-32-45(42-21-10-6-11-22-42)39-56(48)64(47-27-16-9-17-28-47)62(59(51)57)54-35-34-53-58(60(54)63)49-29-18-19-30-52(49)61(53,2)3/h6-19,21-40H,4-5,20H2,1-3H3. The number of benzene rings is 9. The van der Waals surface area contributed by atoms with Gasteiger partial charge in [0.15, 0.2) is 0 Å². The first-order valence-corrected chi connectivity index (χ1v) is 23.0. The number of fused-ring (bicyclic) bond motifs is 8. The predicted octanol–water partition coefficient (Wildman–Crippen LogP) is 15.0. The van der Waals surface area contributed by atoms with E-state index in [1.54, 1.807) is 0 Å². The average molecular weight is 821 g/mol. The molecule has 2 heterocycles. The molecule has 0 N–H and O–H groups in total. The van der Waals surface area contributed by atoms with E-state index in [-0.39, 0.29) is 12.3 Å². The van der Waals surface area contributed by atoms with E-state index in [2.05, 4.69) is 237 Å². The molecule has 0 radical (unpaired) electrons. The van der Waals surface area contributed by atoms with Gasteiger partial charge in [0, 0.05) is 39.2 Å². The molecule has 2 nitrogen and oxygen atoms in total. The molecule has 0 spiro atoms. The summed E-state index contributed by atoms with van der Waals surface area (Å²) < 4.78 is 0. The van der Waals surface area contributed by atoms with Gasteiger partial charge in [0.2, 0.25) is 0 Å². The van der Waals surface area contributed by atoms with Crippen molar-refractivity contribution in [2.45, 2.75) is 45.4 Å². The number of nitrogens with zero attached hydrogens (tertiary/aromatic N) is 2. The Kier molecular flexibility index (Phi) is 9.09. The molecule has 1 aliphatic carbocycles. The van der Waals surface area contributed by atoms with Crippen LogP contribution in [0.1, 0.15) is 50.3 Å². The largest absolute Gasteiger partial charge is 0.376 e. The van der Waals surface area contributed by atoms with Crippen LogP contribution in [0.5, 0.6) is 0 Å². The van der Waals surface area contributed by atoms with Crippen LogP contribution >= 0.6 is 0 Å². The van der Waals surface area contributed by atoms with Gasteiger partial charge in [-0.25, -0.2) is 0 Å². The molecule has 3 heteroatoms. The van der Waals surface area contributed by atoms with Crippen molar-refractivity contribution in [3.63, 3.8) is 0 Å². The topological polar surface area (TPSA) is 6.48 Å². The van der Waals surface area contributed by atoms with E-state index in [1.807, 2.05) is 0 Å². The number of hydrogen-bond donors (Lipinski definition) is 0. The Balaban J connectivity index is 1.25. The minimum atomic E-state index is -0.181. The average Bonchev–Trinajstić information content (AvgIpc) is 3.59. The van der Waals surface area contributed by atoms with E-state index in [0.717, 1.165) is 19.3 Å². The Morgan fingerprint density at radius 3 is 1.81 bits per heavy atom. The maximum absolute atomic E-state index is 2.69. The molecule has 0 aromatic heterocycles. The first kappa shape index (κ1) is 38.3. The molecule has 12 rings (SSSR count). The van der Waals surface area contributed by atoms with Gasteiger partial charge in [-0.15, -0.1) is 0 Å². The van der Waals surface area contributed by atoms with Crippen molar-refractivity contribution in [2.75, 3.05) is 9.71 Å². The Morgan fingerprint density at radius 1 is 0.453 bits per heavy atom. The number of unbranched alkanes of at least 4 members (excludes halogenated alkanes) is 1. The minimum Gasteiger partial charge on any atom is -0.376 e.